The Hall–Kier alpha value is -2.63. The van der Waals surface area contributed by atoms with Crippen molar-refractivity contribution in [3.8, 4) is 11.5 Å². The molecule has 0 aliphatic carbocycles. The third-order valence-electron chi connectivity index (χ3n) is 3.04. The third-order valence-corrected chi connectivity index (χ3v) is 3.61. The maximum absolute atomic E-state index is 11.9. The maximum atomic E-state index is 11.9. The number of nitrogens with zero attached hydrogens (tertiary/aromatic N) is 2. The van der Waals surface area contributed by atoms with Gasteiger partial charge in [0.05, 0.1) is 10.6 Å². The summed E-state index contributed by atoms with van der Waals surface area (Å²) in [6.07, 6.45) is 3.06. The highest BCUT2D eigenvalue weighted by Gasteiger charge is 2.13. The molecule has 0 saturated carbocycles. The molecular formula is C17H11Cl2N3O2. The highest BCUT2D eigenvalue weighted by atomic mass is 35.5. The summed E-state index contributed by atoms with van der Waals surface area (Å²) in [5, 5.41) is 11.0. The van der Waals surface area contributed by atoms with Crippen molar-refractivity contribution in [3.05, 3.63) is 70.2 Å². The highest BCUT2D eigenvalue weighted by Crippen LogP contribution is 2.30. The number of hydrogen-bond donors (Lipinski definition) is 1. The normalized spacial score (nSPS) is 10.9. The Balaban J connectivity index is 1.71. The summed E-state index contributed by atoms with van der Waals surface area (Å²) < 4.78 is 5.40. The van der Waals surface area contributed by atoms with Crippen LogP contribution in [0, 0.1) is 0 Å². The van der Waals surface area contributed by atoms with E-state index in [1.807, 2.05) is 30.3 Å². The molecule has 3 aromatic rings. The molecule has 0 radical (unpaired) electrons. The van der Waals surface area contributed by atoms with E-state index < -0.39 is 0 Å². The van der Waals surface area contributed by atoms with Gasteiger partial charge in [-0.2, -0.15) is 0 Å². The molecule has 120 valence electrons. The standard InChI is InChI=1S/C17H11Cl2N3O2/c18-12-7-8-14(19)13(10-12)16-21-22-17(24-16)20-15(23)9-6-11-4-2-1-3-5-11/h1-10H,(H,20,22,23)/b9-6+. The Morgan fingerprint density at radius 1 is 1.08 bits per heavy atom. The van der Waals surface area contributed by atoms with Crippen molar-refractivity contribution in [1.82, 2.24) is 10.2 Å². The molecule has 1 amide bonds. The van der Waals surface area contributed by atoms with Crippen LogP contribution in [0.3, 0.4) is 0 Å². The van der Waals surface area contributed by atoms with Crippen LogP contribution in [0.15, 0.2) is 59.0 Å². The molecule has 0 spiro atoms. The average Bonchev–Trinajstić information content (AvgIpc) is 3.04. The lowest BCUT2D eigenvalue weighted by molar-refractivity contribution is -0.112. The molecule has 0 fully saturated rings. The molecule has 3 rings (SSSR count). The van der Waals surface area contributed by atoms with E-state index in [1.54, 1.807) is 24.3 Å². The van der Waals surface area contributed by atoms with Crippen molar-refractivity contribution in [2.24, 2.45) is 0 Å². The Bertz CT molecular complexity index is 892. The maximum Gasteiger partial charge on any atom is 0.322 e. The van der Waals surface area contributed by atoms with Gasteiger partial charge in [-0.15, -0.1) is 5.10 Å². The predicted octanol–water partition coefficient (Wildman–Crippen LogP) is 4.70. The van der Waals surface area contributed by atoms with Gasteiger partial charge in [0, 0.05) is 11.1 Å². The van der Waals surface area contributed by atoms with Crippen LogP contribution in [0.2, 0.25) is 10.0 Å². The third kappa shape index (κ3) is 4.01. The Morgan fingerprint density at radius 3 is 2.67 bits per heavy atom. The van der Waals surface area contributed by atoms with E-state index in [0.29, 0.717) is 15.6 Å². The van der Waals surface area contributed by atoms with Gasteiger partial charge in [0.25, 0.3) is 11.8 Å². The van der Waals surface area contributed by atoms with Crippen LogP contribution in [0.4, 0.5) is 6.01 Å². The summed E-state index contributed by atoms with van der Waals surface area (Å²) in [5.74, 6) is -0.212. The van der Waals surface area contributed by atoms with Crippen LogP contribution in [0.1, 0.15) is 5.56 Å². The molecule has 0 unspecified atom stereocenters. The number of nitrogens with one attached hydrogen (secondary N) is 1. The number of benzene rings is 2. The topological polar surface area (TPSA) is 68.0 Å². The Morgan fingerprint density at radius 2 is 1.88 bits per heavy atom. The van der Waals surface area contributed by atoms with E-state index >= 15 is 0 Å². The van der Waals surface area contributed by atoms with Crippen molar-refractivity contribution >= 4 is 41.2 Å². The molecule has 0 aliphatic heterocycles. The van der Waals surface area contributed by atoms with Gasteiger partial charge in [-0.05, 0) is 29.8 Å². The van der Waals surface area contributed by atoms with Gasteiger partial charge in [-0.25, -0.2) is 0 Å². The molecule has 0 saturated heterocycles. The molecule has 1 aromatic heterocycles. The molecule has 1 N–H and O–H groups in total. The average molecular weight is 360 g/mol. The van der Waals surface area contributed by atoms with Crippen LogP contribution >= 0.6 is 23.2 Å². The molecule has 2 aromatic carbocycles. The summed E-state index contributed by atoms with van der Waals surface area (Å²) in [6.45, 7) is 0. The predicted molar refractivity (Wildman–Crippen MR) is 93.9 cm³/mol. The molecule has 7 heteroatoms. The fraction of sp³-hybridized carbons (Fsp3) is 0. The first kappa shape index (κ1) is 16.2. The highest BCUT2D eigenvalue weighted by molar-refractivity contribution is 6.35. The van der Waals surface area contributed by atoms with Crippen LogP contribution in [0.25, 0.3) is 17.5 Å². The quantitative estimate of drug-likeness (QED) is 0.685. The van der Waals surface area contributed by atoms with Gasteiger partial charge in [0.1, 0.15) is 0 Å². The lowest BCUT2D eigenvalue weighted by Gasteiger charge is -1.99. The number of amides is 1. The summed E-state index contributed by atoms with van der Waals surface area (Å²) >= 11 is 12.0. The molecule has 0 bridgehead atoms. The number of anilines is 1. The minimum atomic E-state index is -0.383. The first-order valence-corrected chi connectivity index (χ1v) is 7.70. The smallest absolute Gasteiger partial charge is 0.322 e. The second-order valence-electron chi connectivity index (χ2n) is 4.77. The monoisotopic (exact) mass is 359 g/mol. The summed E-state index contributed by atoms with van der Waals surface area (Å²) in [6, 6.07) is 14.3. The van der Waals surface area contributed by atoms with E-state index in [4.69, 9.17) is 27.6 Å². The molecular weight excluding hydrogens is 349 g/mol. The number of carbonyl (C=O) groups is 1. The first-order valence-electron chi connectivity index (χ1n) is 6.95. The zero-order valence-electron chi connectivity index (χ0n) is 12.2. The van der Waals surface area contributed by atoms with Crippen molar-refractivity contribution in [2.45, 2.75) is 0 Å². The molecule has 5 nitrogen and oxygen atoms in total. The van der Waals surface area contributed by atoms with E-state index in [0.717, 1.165) is 5.56 Å². The molecule has 24 heavy (non-hydrogen) atoms. The van der Waals surface area contributed by atoms with Gasteiger partial charge in [-0.1, -0.05) is 58.6 Å². The van der Waals surface area contributed by atoms with E-state index in [2.05, 4.69) is 15.5 Å². The van der Waals surface area contributed by atoms with Gasteiger partial charge in [0.2, 0.25) is 0 Å². The van der Waals surface area contributed by atoms with E-state index in [1.165, 1.54) is 6.08 Å². The van der Waals surface area contributed by atoms with Crippen molar-refractivity contribution < 1.29 is 9.21 Å². The van der Waals surface area contributed by atoms with Gasteiger partial charge < -0.3 is 4.42 Å². The van der Waals surface area contributed by atoms with Crippen LogP contribution < -0.4 is 5.32 Å². The molecule has 0 atom stereocenters. The summed E-state index contributed by atoms with van der Waals surface area (Å²) in [5.41, 5.74) is 1.40. The van der Waals surface area contributed by atoms with Crippen LogP contribution in [-0.2, 0) is 4.79 Å². The van der Waals surface area contributed by atoms with Gasteiger partial charge in [0.15, 0.2) is 0 Å². The lowest BCUT2D eigenvalue weighted by atomic mass is 10.2. The summed E-state index contributed by atoms with van der Waals surface area (Å²) in [7, 11) is 0. The van der Waals surface area contributed by atoms with E-state index in [9.17, 15) is 4.79 Å². The second-order valence-corrected chi connectivity index (χ2v) is 5.61. The largest absolute Gasteiger partial charge is 0.403 e. The lowest BCUT2D eigenvalue weighted by Crippen LogP contribution is -2.07. The van der Waals surface area contributed by atoms with Gasteiger partial charge >= 0.3 is 6.01 Å². The van der Waals surface area contributed by atoms with E-state index in [-0.39, 0.29) is 17.8 Å². The Labute approximate surface area is 147 Å². The first-order chi connectivity index (χ1) is 11.6. The SMILES string of the molecule is O=C(/C=C/c1ccccc1)Nc1nnc(-c2cc(Cl)ccc2Cl)o1. The molecule has 0 aliphatic rings. The zero-order valence-corrected chi connectivity index (χ0v) is 13.8. The fourth-order valence-corrected chi connectivity index (χ4v) is 2.30. The minimum Gasteiger partial charge on any atom is -0.403 e. The second kappa shape index (κ2) is 7.29. The number of hydrogen-bond acceptors (Lipinski definition) is 4. The number of carbonyl (C=O) groups excluding carboxylic acids is 1. The number of aromatic nitrogens is 2. The summed E-state index contributed by atoms with van der Waals surface area (Å²) in [4.78, 5) is 11.9. The van der Waals surface area contributed by atoms with Gasteiger partial charge in [-0.3, -0.25) is 10.1 Å². The molecule has 1 heterocycles. The van der Waals surface area contributed by atoms with Crippen LogP contribution in [0.5, 0.6) is 0 Å². The number of rotatable bonds is 4. The zero-order chi connectivity index (χ0) is 16.9. The van der Waals surface area contributed by atoms with Crippen LogP contribution in [-0.4, -0.2) is 16.1 Å². The number of halogens is 2. The Kier molecular flexibility index (Phi) is 4.93. The van der Waals surface area contributed by atoms with Crippen molar-refractivity contribution in [3.63, 3.8) is 0 Å². The van der Waals surface area contributed by atoms with Crippen molar-refractivity contribution in [1.29, 1.82) is 0 Å². The van der Waals surface area contributed by atoms with Crippen molar-refractivity contribution in [2.75, 3.05) is 5.32 Å². The fourth-order valence-electron chi connectivity index (χ4n) is 1.93. The minimum absolute atomic E-state index is 0.0243.